The van der Waals surface area contributed by atoms with Crippen LogP contribution in [0.1, 0.15) is 48.4 Å². The van der Waals surface area contributed by atoms with Crippen molar-refractivity contribution in [2.45, 2.75) is 62.0 Å². The Labute approximate surface area is 352 Å². The lowest BCUT2D eigenvalue weighted by atomic mass is 9.98. The summed E-state index contributed by atoms with van der Waals surface area (Å²) in [5.41, 5.74) is 3.96. The number of amides is 5. The summed E-state index contributed by atoms with van der Waals surface area (Å²) in [7, 11) is -4.53. The third-order valence-corrected chi connectivity index (χ3v) is 10.7. The molecule has 0 saturated heterocycles. The second-order valence-corrected chi connectivity index (χ2v) is 16.3. The minimum absolute atomic E-state index is 0.0322. The Hall–Kier alpha value is -6.79. The summed E-state index contributed by atoms with van der Waals surface area (Å²) in [5.74, 6) is -4.98. The van der Waals surface area contributed by atoms with Crippen LogP contribution in [0.2, 0.25) is 0 Å². The minimum atomic E-state index is -4.53. The number of rotatable bonds is 19. The Morgan fingerprint density at radius 3 is 1.93 bits per heavy atom. The number of aromatic hydroxyl groups is 1. The second-order valence-electron chi connectivity index (χ2n) is 14.9. The van der Waals surface area contributed by atoms with Crippen LogP contribution in [-0.4, -0.2) is 96.7 Å². The molecule has 1 aliphatic rings. The summed E-state index contributed by atoms with van der Waals surface area (Å²) in [6.07, 6.45) is -0.910. The molecule has 61 heavy (non-hydrogen) atoms. The number of carbonyl (C=O) groups excluding carboxylic acids is 5. The Morgan fingerprint density at radius 2 is 1.28 bits per heavy atom. The number of ether oxygens (including phenoxy) is 1. The first-order chi connectivity index (χ1) is 29.0. The van der Waals surface area contributed by atoms with Crippen molar-refractivity contribution in [3.05, 3.63) is 119 Å². The lowest BCUT2D eigenvalue weighted by Gasteiger charge is -2.22. The zero-order chi connectivity index (χ0) is 44.3. The van der Waals surface area contributed by atoms with E-state index in [-0.39, 0.29) is 42.4 Å². The fourth-order valence-electron chi connectivity index (χ4n) is 6.85. The normalized spacial score (nSPS) is 14.3. The number of hydrogen-bond donors (Lipinski definition) is 8. The average Bonchev–Trinajstić information content (AvgIpc) is 3.53. The van der Waals surface area contributed by atoms with Crippen molar-refractivity contribution in [1.82, 2.24) is 26.6 Å². The summed E-state index contributed by atoms with van der Waals surface area (Å²) in [6, 6.07) is 22.3. The summed E-state index contributed by atoms with van der Waals surface area (Å²) in [4.78, 5) is 77.2. The monoisotopic (exact) mass is 857 g/mol. The molecular weight excluding hydrogens is 811 g/mol. The molecule has 0 aromatic heterocycles. The molecule has 4 aromatic rings. The van der Waals surface area contributed by atoms with Crippen molar-refractivity contribution in [3.8, 4) is 16.9 Å². The van der Waals surface area contributed by atoms with E-state index in [9.17, 15) is 52.0 Å². The molecule has 0 spiro atoms. The number of aliphatic carboxylic acids is 1. The highest BCUT2D eigenvalue weighted by Gasteiger charge is 2.32. The van der Waals surface area contributed by atoms with Gasteiger partial charge in [0.25, 0.3) is 10.1 Å². The largest absolute Gasteiger partial charge is 0.508 e. The van der Waals surface area contributed by atoms with E-state index in [1.807, 2.05) is 19.9 Å². The van der Waals surface area contributed by atoms with Crippen LogP contribution in [-0.2, 0) is 51.7 Å². The van der Waals surface area contributed by atoms with Crippen LogP contribution in [0.15, 0.2) is 102 Å². The van der Waals surface area contributed by atoms with Gasteiger partial charge in [0.05, 0.1) is 18.0 Å². The molecule has 18 heteroatoms. The van der Waals surface area contributed by atoms with Gasteiger partial charge in [-0.3, -0.25) is 23.7 Å². The van der Waals surface area contributed by atoms with Gasteiger partial charge in [-0.05, 0) is 70.0 Å². The molecule has 322 valence electrons. The van der Waals surface area contributed by atoms with Gasteiger partial charge >= 0.3 is 12.1 Å². The molecule has 4 aromatic carbocycles. The van der Waals surface area contributed by atoms with Gasteiger partial charge in [-0.1, -0.05) is 86.6 Å². The van der Waals surface area contributed by atoms with Crippen LogP contribution in [0.5, 0.6) is 5.75 Å². The third kappa shape index (κ3) is 12.8. The van der Waals surface area contributed by atoms with Crippen molar-refractivity contribution in [2.75, 3.05) is 19.7 Å². The summed E-state index contributed by atoms with van der Waals surface area (Å²) < 4.78 is 39.1. The molecule has 8 N–H and O–H groups in total. The van der Waals surface area contributed by atoms with Crippen LogP contribution in [0, 0.1) is 5.92 Å². The van der Waals surface area contributed by atoms with E-state index in [0.29, 0.717) is 22.3 Å². The van der Waals surface area contributed by atoms with Crippen LogP contribution in [0.4, 0.5) is 4.79 Å². The zero-order valence-corrected chi connectivity index (χ0v) is 34.1. The van der Waals surface area contributed by atoms with Crippen LogP contribution in [0.3, 0.4) is 0 Å². The number of phenols is 1. The first-order valence-corrected chi connectivity index (χ1v) is 20.7. The Morgan fingerprint density at radius 1 is 0.672 bits per heavy atom. The number of hydrogen-bond acceptors (Lipinski definition) is 10. The number of carboxylic acid groups (broad SMARTS) is 1. The summed E-state index contributed by atoms with van der Waals surface area (Å²) in [6.45, 7) is 2.13. The number of carboxylic acids is 1. The van der Waals surface area contributed by atoms with Crippen LogP contribution in [0.25, 0.3) is 11.1 Å². The van der Waals surface area contributed by atoms with Gasteiger partial charge in [-0.2, -0.15) is 8.42 Å². The Balaban J connectivity index is 1.19. The van der Waals surface area contributed by atoms with Gasteiger partial charge in [-0.25, -0.2) is 9.59 Å². The molecule has 4 atom stereocenters. The quantitative estimate of drug-likeness (QED) is 0.0633. The molecule has 5 rings (SSSR count). The van der Waals surface area contributed by atoms with Crippen molar-refractivity contribution >= 4 is 45.8 Å². The molecule has 1 aliphatic carbocycles. The van der Waals surface area contributed by atoms with Crippen molar-refractivity contribution in [1.29, 1.82) is 0 Å². The molecule has 0 fully saturated rings. The maximum Gasteiger partial charge on any atom is 0.407 e. The maximum absolute atomic E-state index is 13.5. The highest BCUT2D eigenvalue weighted by atomic mass is 32.2. The van der Waals surface area contributed by atoms with Gasteiger partial charge < -0.3 is 41.5 Å². The summed E-state index contributed by atoms with van der Waals surface area (Å²) in [5, 5.41) is 31.7. The number of alkyl carbamates (subject to hydrolysis) is 1. The molecule has 1 unspecified atom stereocenters. The number of nitrogens with one attached hydrogen (secondary N) is 5. The molecular formula is C43H47N5O12S. The molecule has 0 heterocycles. The zero-order valence-electron chi connectivity index (χ0n) is 33.3. The fourth-order valence-corrected chi connectivity index (χ4v) is 7.37. The smallest absolute Gasteiger partial charge is 0.407 e. The molecule has 17 nitrogen and oxygen atoms in total. The first-order valence-electron chi connectivity index (χ1n) is 19.3. The highest BCUT2D eigenvalue weighted by molar-refractivity contribution is 7.85. The molecule has 0 saturated carbocycles. The number of carbonyl (C=O) groups is 6. The van der Waals surface area contributed by atoms with Crippen LogP contribution >= 0.6 is 0 Å². The van der Waals surface area contributed by atoms with E-state index in [2.05, 4.69) is 26.6 Å². The number of phenolic OH excluding ortho intramolecular Hbond substituents is 1. The lowest BCUT2D eigenvalue weighted by Crippen LogP contribution is -2.54. The Bertz CT molecular complexity index is 2360. The summed E-state index contributed by atoms with van der Waals surface area (Å²) >= 11 is 0. The van der Waals surface area contributed by atoms with E-state index in [4.69, 9.17) is 4.74 Å². The number of benzene rings is 4. The van der Waals surface area contributed by atoms with Gasteiger partial charge in [0, 0.05) is 18.8 Å². The molecule has 0 radical (unpaired) electrons. The average molecular weight is 858 g/mol. The van der Waals surface area contributed by atoms with E-state index >= 15 is 0 Å². The van der Waals surface area contributed by atoms with Crippen molar-refractivity contribution in [3.63, 3.8) is 0 Å². The predicted octanol–water partition coefficient (Wildman–Crippen LogP) is 2.66. The van der Waals surface area contributed by atoms with Crippen molar-refractivity contribution < 1.29 is 56.7 Å². The standard InChI is InChI=1S/C43H47N5O12S/c1-25(2)18-37(42(54)55)47-41(53)36(19-26-8-4-3-5-9-26)46-39(51)23-44-38(50)22-45-40(52)35(20-27-12-14-28(49)15-13-27)48-43(56)60-24-34-31-11-7-6-10-30(31)32-17-16-29(21-33(32)34)61(57,58)59/h3-17,21,25,34-37,49H,18-20,22-24H2,1-2H3,(H,44,50)(H,45,52)(H,46,51)(H,47,53)(H,48,56)(H,54,55)(H,57,58,59)/t34?,35-,36-,37-/m0/s1. The SMILES string of the molecule is CC(C)C[C@H](NC(=O)[C@H](Cc1ccccc1)NC(=O)CNC(=O)CNC(=O)[C@H](Cc1ccc(O)cc1)NC(=O)OCC1c2ccccc2-c2ccc(S(=O)(=O)O)cc21)C(=O)O. The van der Waals surface area contributed by atoms with Gasteiger partial charge in [0.15, 0.2) is 0 Å². The van der Waals surface area contributed by atoms with Crippen molar-refractivity contribution in [2.24, 2.45) is 5.92 Å². The molecule has 0 aliphatic heterocycles. The van der Waals surface area contributed by atoms with Crippen LogP contribution < -0.4 is 26.6 Å². The van der Waals surface area contributed by atoms with E-state index in [0.717, 1.165) is 11.1 Å². The van der Waals surface area contributed by atoms with E-state index in [1.54, 1.807) is 54.6 Å². The highest BCUT2D eigenvalue weighted by Crippen LogP contribution is 2.45. The fraction of sp³-hybridized carbons (Fsp3) is 0.302. The maximum atomic E-state index is 13.5. The van der Waals surface area contributed by atoms with Gasteiger partial charge in [0.2, 0.25) is 23.6 Å². The third-order valence-electron chi connectivity index (χ3n) is 9.81. The Kier molecular flexibility index (Phi) is 15.2. The topological polar surface area (TPSA) is 267 Å². The first kappa shape index (κ1) is 45.3. The number of fused-ring (bicyclic) bond motifs is 3. The minimum Gasteiger partial charge on any atom is -0.508 e. The van der Waals surface area contributed by atoms with E-state index < -0.39 is 82.9 Å². The molecule has 5 amide bonds. The van der Waals surface area contributed by atoms with E-state index in [1.165, 1.54) is 36.4 Å². The second kappa shape index (κ2) is 20.5. The van der Waals surface area contributed by atoms with Gasteiger partial charge in [-0.15, -0.1) is 0 Å². The molecule has 0 bridgehead atoms. The van der Waals surface area contributed by atoms with Gasteiger partial charge in [0.1, 0.15) is 30.5 Å². The lowest BCUT2D eigenvalue weighted by molar-refractivity contribution is -0.142. The predicted molar refractivity (Wildman–Crippen MR) is 221 cm³/mol.